The molecule has 1 amide bonds. The standard InChI is InChI=1S/C18H16FN3O2/c1-10-8-21-17(23)15-13(9-20-16(10)15)18(24)22-7-6-14(22)11-2-4-12(19)5-3-11/h2-5,8-9,14,20H,6-7H2,1H3,(H,21,23). The lowest BCUT2D eigenvalue weighted by molar-refractivity contribution is 0.0462. The van der Waals surface area contributed by atoms with Crippen molar-refractivity contribution in [2.45, 2.75) is 19.4 Å². The van der Waals surface area contributed by atoms with Gasteiger partial charge in [0.15, 0.2) is 0 Å². The van der Waals surface area contributed by atoms with Crippen LogP contribution in [0.4, 0.5) is 4.39 Å². The number of nitrogens with zero attached hydrogens (tertiary/aromatic N) is 1. The van der Waals surface area contributed by atoms with Crippen LogP contribution in [0.1, 0.15) is 33.9 Å². The molecule has 0 aliphatic carbocycles. The molecule has 1 aliphatic rings. The molecular weight excluding hydrogens is 309 g/mol. The van der Waals surface area contributed by atoms with Crippen molar-refractivity contribution in [2.24, 2.45) is 0 Å². The lowest BCUT2D eigenvalue weighted by Crippen LogP contribution is -2.45. The molecule has 0 bridgehead atoms. The van der Waals surface area contributed by atoms with E-state index in [-0.39, 0.29) is 23.3 Å². The zero-order valence-electron chi connectivity index (χ0n) is 13.1. The highest BCUT2D eigenvalue weighted by Gasteiger charge is 2.35. The first-order chi connectivity index (χ1) is 11.6. The summed E-state index contributed by atoms with van der Waals surface area (Å²) in [5.74, 6) is -0.479. The first-order valence-electron chi connectivity index (χ1n) is 7.82. The van der Waals surface area contributed by atoms with E-state index in [2.05, 4.69) is 9.97 Å². The van der Waals surface area contributed by atoms with Gasteiger partial charge in [0, 0.05) is 18.9 Å². The molecule has 4 rings (SSSR count). The lowest BCUT2D eigenvalue weighted by atomic mass is 9.93. The predicted octanol–water partition coefficient (Wildman–Crippen LogP) is 2.89. The SMILES string of the molecule is Cc1c[nH]c(=O)c2c(C(=O)N3CCC3c3ccc(F)cc3)c[nH]c12. The fourth-order valence-electron chi connectivity index (χ4n) is 3.27. The Balaban J connectivity index is 1.71. The Bertz CT molecular complexity index is 988. The zero-order valence-corrected chi connectivity index (χ0v) is 13.1. The number of pyridine rings is 1. The van der Waals surface area contributed by atoms with Crippen molar-refractivity contribution < 1.29 is 9.18 Å². The Morgan fingerprint density at radius 1 is 1.21 bits per heavy atom. The van der Waals surface area contributed by atoms with Crippen LogP contribution in [0.15, 0.2) is 41.5 Å². The largest absolute Gasteiger partial charge is 0.360 e. The number of carbonyl (C=O) groups is 1. The Morgan fingerprint density at radius 3 is 2.62 bits per heavy atom. The number of H-pyrrole nitrogens is 2. The predicted molar refractivity (Wildman–Crippen MR) is 88.5 cm³/mol. The molecule has 1 unspecified atom stereocenters. The number of nitrogens with one attached hydrogen (secondary N) is 2. The van der Waals surface area contributed by atoms with E-state index in [0.29, 0.717) is 23.0 Å². The summed E-state index contributed by atoms with van der Waals surface area (Å²) in [6.45, 7) is 2.49. The van der Waals surface area contributed by atoms with Crippen LogP contribution in [0.3, 0.4) is 0 Å². The van der Waals surface area contributed by atoms with Crippen LogP contribution in [-0.2, 0) is 0 Å². The number of aryl methyl sites for hydroxylation is 1. The van der Waals surface area contributed by atoms with E-state index >= 15 is 0 Å². The van der Waals surface area contributed by atoms with Crippen molar-refractivity contribution in [1.82, 2.24) is 14.9 Å². The minimum absolute atomic E-state index is 0.0769. The van der Waals surface area contributed by atoms with Crippen molar-refractivity contribution in [3.05, 3.63) is 69.5 Å². The number of rotatable bonds is 2. The third-order valence-electron chi connectivity index (χ3n) is 4.69. The minimum Gasteiger partial charge on any atom is -0.360 e. The summed E-state index contributed by atoms with van der Waals surface area (Å²) in [7, 11) is 0. The van der Waals surface area contributed by atoms with Crippen LogP contribution in [0.2, 0.25) is 0 Å². The highest BCUT2D eigenvalue weighted by molar-refractivity contribution is 6.07. The molecule has 1 saturated heterocycles. The average Bonchev–Trinajstić information content (AvgIpc) is 2.98. The molecule has 0 radical (unpaired) electrons. The molecule has 2 aromatic heterocycles. The van der Waals surface area contributed by atoms with Crippen LogP contribution < -0.4 is 5.56 Å². The second-order valence-electron chi connectivity index (χ2n) is 6.11. The third kappa shape index (κ3) is 2.14. The van der Waals surface area contributed by atoms with Crippen molar-refractivity contribution >= 4 is 16.8 Å². The van der Waals surface area contributed by atoms with Gasteiger partial charge in [-0.05, 0) is 36.6 Å². The van der Waals surface area contributed by atoms with Gasteiger partial charge in [-0.3, -0.25) is 9.59 Å². The van der Waals surface area contributed by atoms with Gasteiger partial charge in [-0.1, -0.05) is 12.1 Å². The molecule has 1 atom stereocenters. The quantitative estimate of drug-likeness (QED) is 0.761. The third-order valence-corrected chi connectivity index (χ3v) is 4.69. The van der Waals surface area contributed by atoms with Gasteiger partial charge in [-0.25, -0.2) is 4.39 Å². The fourth-order valence-corrected chi connectivity index (χ4v) is 3.27. The van der Waals surface area contributed by atoms with Crippen molar-refractivity contribution in [2.75, 3.05) is 6.54 Å². The monoisotopic (exact) mass is 325 g/mol. The Labute approximate surface area is 137 Å². The average molecular weight is 325 g/mol. The number of carbonyl (C=O) groups excluding carboxylic acids is 1. The van der Waals surface area contributed by atoms with Crippen molar-refractivity contribution in [3.63, 3.8) is 0 Å². The number of fused-ring (bicyclic) bond motifs is 1. The van der Waals surface area contributed by atoms with E-state index in [0.717, 1.165) is 17.5 Å². The Morgan fingerprint density at radius 2 is 1.96 bits per heavy atom. The van der Waals surface area contributed by atoms with Crippen molar-refractivity contribution in [1.29, 1.82) is 0 Å². The summed E-state index contributed by atoms with van der Waals surface area (Å²) >= 11 is 0. The summed E-state index contributed by atoms with van der Waals surface area (Å²) < 4.78 is 13.1. The topological polar surface area (TPSA) is 69.0 Å². The number of likely N-dealkylation sites (tertiary alicyclic amines) is 1. The van der Waals surface area contributed by atoms with Crippen molar-refractivity contribution in [3.8, 4) is 0 Å². The summed E-state index contributed by atoms with van der Waals surface area (Å²) in [6, 6.07) is 6.12. The number of benzene rings is 1. The maximum atomic E-state index is 13.1. The number of hydrogen-bond donors (Lipinski definition) is 2. The summed E-state index contributed by atoms with van der Waals surface area (Å²) in [5, 5.41) is 0.393. The maximum absolute atomic E-state index is 13.1. The second kappa shape index (κ2) is 5.33. The lowest BCUT2D eigenvalue weighted by Gasteiger charge is -2.41. The minimum atomic E-state index is -0.297. The van der Waals surface area contributed by atoms with Gasteiger partial charge < -0.3 is 14.9 Å². The molecule has 5 nitrogen and oxygen atoms in total. The number of halogens is 1. The van der Waals surface area contributed by atoms with E-state index in [9.17, 15) is 14.0 Å². The molecule has 1 fully saturated rings. The summed E-state index contributed by atoms with van der Waals surface area (Å²) in [4.78, 5) is 32.4. The van der Waals surface area contributed by atoms with Gasteiger partial charge in [0.1, 0.15) is 5.82 Å². The molecule has 1 aromatic carbocycles. The molecule has 1 aliphatic heterocycles. The molecular formula is C18H16FN3O2. The number of hydrogen-bond acceptors (Lipinski definition) is 2. The second-order valence-corrected chi connectivity index (χ2v) is 6.11. The number of aromatic amines is 2. The first-order valence-corrected chi connectivity index (χ1v) is 7.82. The summed E-state index contributed by atoms with van der Waals surface area (Å²) in [5.41, 5.74) is 2.56. The van der Waals surface area contributed by atoms with E-state index in [1.807, 2.05) is 6.92 Å². The fraction of sp³-hybridized carbons (Fsp3) is 0.222. The number of aromatic nitrogens is 2. The van der Waals surface area contributed by atoms with E-state index in [1.165, 1.54) is 12.1 Å². The Kier molecular flexibility index (Phi) is 3.26. The van der Waals surface area contributed by atoms with Crippen LogP contribution in [-0.4, -0.2) is 27.3 Å². The van der Waals surface area contributed by atoms with Crippen LogP contribution in [0.25, 0.3) is 10.9 Å². The number of amides is 1. The summed E-state index contributed by atoms with van der Waals surface area (Å²) in [6.07, 6.45) is 4.05. The molecule has 24 heavy (non-hydrogen) atoms. The van der Waals surface area contributed by atoms with Crippen LogP contribution in [0.5, 0.6) is 0 Å². The molecule has 3 aromatic rings. The molecule has 0 spiro atoms. The van der Waals surface area contributed by atoms with Gasteiger partial charge in [0.05, 0.1) is 22.5 Å². The first kappa shape index (κ1) is 14.7. The molecule has 2 N–H and O–H groups in total. The highest BCUT2D eigenvalue weighted by atomic mass is 19.1. The van der Waals surface area contributed by atoms with Crippen LogP contribution >= 0.6 is 0 Å². The van der Waals surface area contributed by atoms with Gasteiger partial charge in [-0.2, -0.15) is 0 Å². The normalized spacial score (nSPS) is 17.1. The van der Waals surface area contributed by atoms with E-state index in [4.69, 9.17) is 0 Å². The van der Waals surface area contributed by atoms with Crippen LogP contribution in [0, 0.1) is 12.7 Å². The molecule has 3 heterocycles. The molecule has 0 saturated carbocycles. The highest BCUT2D eigenvalue weighted by Crippen LogP contribution is 2.35. The van der Waals surface area contributed by atoms with Gasteiger partial charge >= 0.3 is 0 Å². The van der Waals surface area contributed by atoms with Gasteiger partial charge in [0.25, 0.3) is 11.5 Å². The van der Waals surface area contributed by atoms with Gasteiger partial charge in [-0.15, -0.1) is 0 Å². The Hall–Kier alpha value is -2.89. The molecule has 122 valence electrons. The molecule has 6 heteroatoms. The van der Waals surface area contributed by atoms with E-state index < -0.39 is 0 Å². The zero-order chi connectivity index (χ0) is 16.8. The smallest absolute Gasteiger partial charge is 0.258 e. The maximum Gasteiger partial charge on any atom is 0.258 e. The van der Waals surface area contributed by atoms with Gasteiger partial charge in [0.2, 0.25) is 0 Å². The van der Waals surface area contributed by atoms with E-state index in [1.54, 1.807) is 29.4 Å².